The number of hydrogen-bond acceptors (Lipinski definition) is 6. The van der Waals surface area contributed by atoms with Gasteiger partial charge >= 0.3 is 6.09 Å². The average molecular weight is 497 g/mol. The van der Waals surface area contributed by atoms with E-state index in [0.717, 1.165) is 19.4 Å². The zero-order chi connectivity index (χ0) is 24.8. The SMILES string of the molecule is CO[C@H]1C([C@@]2(C)O[C@@H]2CC=C(C)C)[C@]2(CC[C@H]1OC(=O)N1C[C@@H]3C(CN4CC(F)(F)C4)[C@@H]3C1)CO2. The lowest BCUT2D eigenvalue weighted by Crippen LogP contribution is -2.57. The van der Waals surface area contributed by atoms with Crippen LogP contribution in [0.2, 0.25) is 0 Å². The third-order valence-corrected chi connectivity index (χ3v) is 9.50. The van der Waals surface area contributed by atoms with Crippen LogP contribution >= 0.6 is 0 Å². The van der Waals surface area contributed by atoms with Gasteiger partial charge in [-0.3, -0.25) is 4.90 Å². The van der Waals surface area contributed by atoms with Gasteiger partial charge in [-0.1, -0.05) is 11.6 Å². The van der Waals surface area contributed by atoms with Crippen molar-refractivity contribution in [2.75, 3.05) is 46.4 Å². The van der Waals surface area contributed by atoms with E-state index < -0.39 is 5.92 Å². The van der Waals surface area contributed by atoms with Crippen LogP contribution in [0.3, 0.4) is 0 Å². The van der Waals surface area contributed by atoms with Crippen molar-refractivity contribution in [2.45, 2.75) is 75.5 Å². The van der Waals surface area contributed by atoms with Gasteiger partial charge in [-0.05, 0) is 57.8 Å². The molecule has 2 aliphatic carbocycles. The molecule has 2 unspecified atom stereocenters. The number of likely N-dealkylation sites (tertiary alicyclic amines) is 2. The number of methoxy groups -OCH3 is 1. The highest BCUT2D eigenvalue weighted by molar-refractivity contribution is 5.68. The largest absolute Gasteiger partial charge is 0.443 e. The summed E-state index contributed by atoms with van der Waals surface area (Å²) < 4.78 is 50.5. The highest BCUT2D eigenvalue weighted by Gasteiger charge is 2.72. The summed E-state index contributed by atoms with van der Waals surface area (Å²) in [4.78, 5) is 16.7. The van der Waals surface area contributed by atoms with Gasteiger partial charge in [0.1, 0.15) is 23.4 Å². The summed E-state index contributed by atoms with van der Waals surface area (Å²) in [6, 6.07) is 0. The summed E-state index contributed by atoms with van der Waals surface area (Å²) in [5.41, 5.74) is 0.672. The van der Waals surface area contributed by atoms with Gasteiger partial charge in [-0.2, -0.15) is 0 Å². The van der Waals surface area contributed by atoms with Crippen molar-refractivity contribution in [2.24, 2.45) is 23.7 Å². The third kappa shape index (κ3) is 4.20. The fourth-order valence-electron chi connectivity index (χ4n) is 7.38. The maximum atomic E-state index is 13.1. The second-order valence-corrected chi connectivity index (χ2v) is 12.2. The Morgan fingerprint density at radius 1 is 1.20 bits per heavy atom. The lowest BCUT2D eigenvalue weighted by molar-refractivity contribution is -0.132. The predicted molar refractivity (Wildman–Crippen MR) is 123 cm³/mol. The monoisotopic (exact) mass is 496 g/mol. The van der Waals surface area contributed by atoms with Gasteiger partial charge in [-0.25, -0.2) is 13.6 Å². The molecule has 196 valence electrons. The molecule has 4 aliphatic heterocycles. The van der Waals surface area contributed by atoms with E-state index in [1.807, 2.05) is 4.90 Å². The van der Waals surface area contributed by atoms with Crippen LogP contribution < -0.4 is 0 Å². The van der Waals surface area contributed by atoms with Crippen LogP contribution in [0.1, 0.15) is 40.0 Å². The number of halogens is 2. The third-order valence-electron chi connectivity index (χ3n) is 9.50. The number of hydrogen-bond donors (Lipinski definition) is 0. The molecule has 9 heteroatoms. The van der Waals surface area contributed by atoms with E-state index in [1.54, 1.807) is 12.0 Å². The molecule has 1 amide bonds. The number of fused-ring (bicyclic) bond motifs is 1. The first-order valence-corrected chi connectivity index (χ1v) is 13.1. The molecular formula is C26H38F2N2O5. The number of epoxide rings is 2. The molecule has 9 atom stereocenters. The number of rotatable bonds is 7. The maximum Gasteiger partial charge on any atom is 0.410 e. The maximum absolute atomic E-state index is 13.1. The van der Waals surface area contributed by atoms with Crippen molar-refractivity contribution in [3.63, 3.8) is 0 Å². The molecular weight excluding hydrogens is 458 g/mol. The van der Waals surface area contributed by atoms with Gasteiger partial charge in [-0.15, -0.1) is 0 Å². The minimum Gasteiger partial charge on any atom is -0.443 e. The van der Waals surface area contributed by atoms with Crippen LogP contribution in [0.15, 0.2) is 11.6 Å². The smallest absolute Gasteiger partial charge is 0.410 e. The fourth-order valence-corrected chi connectivity index (χ4v) is 7.38. The van der Waals surface area contributed by atoms with Crippen LogP contribution in [-0.4, -0.2) is 97.8 Å². The van der Waals surface area contributed by atoms with E-state index >= 15 is 0 Å². The minimum absolute atomic E-state index is 0.00753. The fraction of sp³-hybridized carbons (Fsp3) is 0.885. The number of amides is 1. The first-order valence-electron chi connectivity index (χ1n) is 13.1. The Balaban J connectivity index is 1.05. The van der Waals surface area contributed by atoms with E-state index in [-0.39, 0.29) is 54.6 Å². The summed E-state index contributed by atoms with van der Waals surface area (Å²) in [6.45, 7) is 8.81. The molecule has 2 saturated carbocycles. The Kier molecular flexibility index (Phi) is 5.57. The quantitative estimate of drug-likeness (QED) is 0.398. The molecule has 0 aromatic carbocycles. The lowest BCUT2D eigenvalue weighted by atomic mass is 9.68. The number of nitrogens with zero attached hydrogens (tertiary/aromatic N) is 2. The molecule has 4 saturated heterocycles. The molecule has 4 heterocycles. The van der Waals surface area contributed by atoms with Crippen molar-refractivity contribution in [3.8, 4) is 0 Å². The Hall–Kier alpha value is -1.29. The molecule has 0 radical (unpaired) electrons. The van der Waals surface area contributed by atoms with Crippen molar-refractivity contribution in [1.82, 2.24) is 9.80 Å². The van der Waals surface area contributed by atoms with Crippen LogP contribution in [0.4, 0.5) is 13.6 Å². The van der Waals surface area contributed by atoms with Crippen molar-refractivity contribution < 1.29 is 32.5 Å². The van der Waals surface area contributed by atoms with Crippen molar-refractivity contribution in [1.29, 1.82) is 0 Å². The Morgan fingerprint density at radius 2 is 1.89 bits per heavy atom. The van der Waals surface area contributed by atoms with E-state index in [4.69, 9.17) is 18.9 Å². The van der Waals surface area contributed by atoms with E-state index in [0.29, 0.717) is 43.9 Å². The highest BCUT2D eigenvalue weighted by atomic mass is 19.3. The standard InChI is InChI=1S/C26H38F2N2O5/c1-15(2)5-6-20-24(3,35-20)22-21(32-4)19(7-8-25(22)14-33-25)34-23(31)30-10-17-16(18(17)11-30)9-29-12-26(27,28)13-29/h5,16-22H,6-14H2,1-4H3/t16?,17-,18+,19-,20-,21-,22?,24+,25+/m1/s1. The lowest BCUT2D eigenvalue weighted by Gasteiger charge is -2.43. The molecule has 7 nitrogen and oxygen atoms in total. The topological polar surface area (TPSA) is 67.1 Å². The summed E-state index contributed by atoms with van der Waals surface area (Å²) in [5.74, 6) is -1.27. The normalized spacial score (nSPS) is 47.1. The van der Waals surface area contributed by atoms with Gasteiger partial charge in [0.2, 0.25) is 0 Å². The predicted octanol–water partition coefficient (Wildman–Crippen LogP) is 3.33. The molecule has 6 fully saturated rings. The molecule has 0 N–H and O–H groups in total. The van der Waals surface area contributed by atoms with E-state index in [9.17, 15) is 13.6 Å². The van der Waals surface area contributed by atoms with Crippen LogP contribution in [0, 0.1) is 23.7 Å². The van der Waals surface area contributed by atoms with Gasteiger partial charge < -0.3 is 23.8 Å². The first-order chi connectivity index (χ1) is 16.6. The van der Waals surface area contributed by atoms with Gasteiger partial charge in [0.15, 0.2) is 0 Å². The molecule has 6 aliphatic rings. The molecule has 35 heavy (non-hydrogen) atoms. The van der Waals surface area contributed by atoms with Gasteiger partial charge in [0.05, 0.1) is 31.7 Å². The number of carbonyl (C=O) groups excluding carboxylic acids is 1. The average Bonchev–Trinajstić information content (AvgIpc) is 3.73. The van der Waals surface area contributed by atoms with Crippen molar-refractivity contribution >= 4 is 6.09 Å². The number of carbonyl (C=O) groups is 1. The highest BCUT2D eigenvalue weighted by Crippen LogP contribution is 2.60. The first kappa shape index (κ1) is 24.1. The van der Waals surface area contributed by atoms with Crippen LogP contribution in [-0.2, 0) is 18.9 Å². The summed E-state index contributed by atoms with van der Waals surface area (Å²) in [6.07, 6.45) is 3.82. The van der Waals surface area contributed by atoms with Crippen LogP contribution in [0.25, 0.3) is 0 Å². The molecule has 0 aromatic heterocycles. The zero-order valence-electron chi connectivity index (χ0n) is 21.2. The van der Waals surface area contributed by atoms with Gasteiger partial charge in [0, 0.05) is 26.7 Å². The summed E-state index contributed by atoms with van der Waals surface area (Å²) in [5, 5.41) is 0. The number of alkyl halides is 2. The number of ether oxygens (including phenoxy) is 4. The van der Waals surface area contributed by atoms with Crippen molar-refractivity contribution in [3.05, 3.63) is 11.6 Å². The summed E-state index contributed by atoms with van der Waals surface area (Å²) in [7, 11) is 1.69. The Labute approximate surface area is 206 Å². The van der Waals surface area contributed by atoms with Crippen LogP contribution in [0.5, 0.6) is 0 Å². The zero-order valence-corrected chi connectivity index (χ0v) is 21.2. The molecule has 0 bridgehead atoms. The van der Waals surface area contributed by atoms with E-state index in [2.05, 4.69) is 26.8 Å². The van der Waals surface area contributed by atoms with E-state index in [1.165, 1.54) is 5.57 Å². The second kappa shape index (κ2) is 8.10. The molecule has 1 spiro atoms. The molecule has 6 rings (SSSR count). The second-order valence-electron chi connectivity index (χ2n) is 12.2. The summed E-state index contributed by atoms with van der Waals surface area (Å²) >= 11 is 0. The minimum atomic E-state index is -2.52. The number of piperidine rings is 1. The Bertz CT molecular complexity index is 886. The Morgan fingerprint density at radius 3 is 2.46 bits per heavy atom. The number of allylic oxidation sites excluding steroid dienone is 1. The molecule has 0 aromatic rings. The van der Waals surface area contributed by atoms with Gasteiger partial charge in [0.25, 0.3) is 5.92 Å².